The van der Waals surface area contributed by atoms with E-state index in [-0.39, 0.29) is 24.0 Å². The van der Waals surface area contributed by atoms with Gasteiger partial charge in [-0.2, -0.15) is 4.98 Å². The maximum absolute atomic E-state index is 12.6. The Morgan fingerprint density at radius 3 is 2.80 bits per heavy atom. The molecule has 8 heteroatoms. The first-order valence-corrected chi connectivity index (χ1v) is 10.8. The normalized spacial score (nSPS) is 29.4. The number of nitrogens with zero attached hydrogens (tertiary/aromatic N) is 3. The molecule has 2 aromatic heterocycles. The number of aromatic nitrogens is 2. The van der Waals surface area contributed by atoms with E-state index in [1.807, 2.05) is 6.07 Å². The number of furan rings is 1. The summed E-state index contributed by atoms with van der Waals surface area (Å²) in [6, 6.07) is 3.71. The molecule has 1 amide bonds. The first-order valence-electron chi connectivity index (χ1n) is 10.8. The quantitative estimate of drug-likeness (QED) is 0.729. The Hall–Kier alpha value is -2.45. The van der Waals surface area contributed by atoms with Gasteiger partial charge in [0.1, 0.15) is 0 Å². The number of carbonyl (C=O) groups excluding carboxylic acids is 1. The number of rotatable bonds is 6. The number of carbonyl (C=O) groups is 1. The fourth-order valence-electron chi connectivity index (χ4n) is 5.20. The number of fused-ring (bicyclic) bond motifs is 1. The lowest BCUT2D eigenvalue weighted by atomic mass is 9.77. The van der Waals surface area contributed by atoms with Gasteiger partial charge in [-0.3, -0.25) is 9.69 Å². The van der Waals surface area contributed by atoms with Crippen LogP contribution in [0, 0.1) is 17.8 Å². The minimum absolute atomic E-state index is 0.0680. The van der Waals surface area contributed by atoms with Gasteiger partial charge < -0.3 is 19.0 Å². The molecule has 0 spiro atoms. The number of hydrogen-bond donors (Lipinski definition) is 1. The lowest BCUT2D eigenvalue weighted by molar-refractivity contribution is -0.127. The van der Waals surface area contributed by atoms with Crippen LogP contribution in [0.3, 0.4) is 0 Å². The lowest BCUT2D eigenvalue weighted by Crippen LogP contribution is -2.51. The van der Waals surface area contributed by atoms with Crippen LogP contribution in [0.25, 0.3) is 11.6 Å². The van der Waals surface area contributed by atoms with Crippen molar-refractivity contribution >= 4 is 5.91 Å². The fraction of sp³-hybridized carbons (Fsp3) is 0.591. The van der Waals surface area contributed by atoms with Gasteiger partial charge >= 0.3 is 0 Å². The Bertz CT molecular complexity index is 885. The molecule has 5 rings (SSSR count). The van der Waals surface area contributed by atoms with Crippen LogP contribution in [0.5, 0.6) is 0 Å². The topological polar surface area (TPSA) is 93.6 Å². The van der Waals surface area contributed by atoms with E-state index in [4.69, 9.17) is 13.7 Å². The van der Waals surface area contributed by atoms with Gasteiger partial charge in [0.25, 0.3) is 0 Å². The van der Waals surface area contributed by atoms with Gasteiger partial charge in [0.2, 0.25) is 17.6 Å². The highest BCUT2D eigenvalue weighted by Crippen LogP contribution is 2.38. The Kier molecular flexibility index (Phi) is 5.43. The average Bonchev–Trinajstić information content (AvgIpc) is 3.54. The molecular formula is C22H28N4O4. The maximum atomic E-state index is 12.6. The van der Waals surface area contributed by atoms with Crippen molar-refractivity contribution in [2.45, 2.75) is 44.4 Å². The van der Waals surface area contributed by atoms with Gasteiger partial charge in [-0.15, -0.1) is 0 Å². The predicted molar refractivity (Wildman–Crippen MR) is 108 cm³/mol. The molecular weight excluding hydrogens is 384 g/mol. The zero-order valence-corrected chi connectivity index (χ0v) is 17.2. The van der Waals surface area contributed by atoms with E-state index < -0.39 is 0 Å². The van der Waals surface area contributed by atoms with E-state index >= 15 is 0 Å². The number of hydrogen-bond acceptors (Lipinski definition) is 7. The van der Waals surface area contributed by atoms with Crippen LogP contribution in [0.1, 0.15) is 31.6 Å². The Morgan fingerprint density at radius 1 is 1.27 bits per heavy atom. The third-order valence-corrected chi connectivity index (χ3v) is 6.77. The number of amides is 1. The highest BCUT2D eigenvalue weighted by molar-refractivity contribution is 5.79. The molecule has 1 saturated heterocycles. The number of likely N-dealkylation sites (tertiary alicyclic amines) is 1. The summed E-state index contributed by atoms with van der Waals surface area (Å²) in [4.78, 5) is 19.5. The lowest BCUT2D eigenvalue weighted by Gasteiger charge is -2.38. The highest BCUT2D eigenvalue weighted by atomic mass is 16.5. The average molecular weight is 412 g/mol. The van der Waals surface area contributed by atoms with E-state index in [0.29, 0.717) is 35.9 Å². The molecule has 3 heterocycles. The monoisotopic (exact) mass is 412 g/mol. The molecule has 2 aliphatic carbocycles. The van der Waals surface area contributed by atoms with Crippen LogP contribution in [-0.2, 0) is 16.1 Å². The SMILES string of the molecule is CO[C@H]1C[C@@H]2CN(Cc3nc(-c4ccco4)no3)C[C@@H]2C[C@@H]1NC(=O)C1CC=CC1. The summed E-state index contributed by atoms with van der Waals surface area (Å²) in [6.45, 7) is 2.58. The van der Waals surface area contributed by atoms with E-state index in [1.165, 1.54) is 0 Å². The summed E-state index contributed by atoms with van der Waals surface area (Å²) in [5.74, 6) is 3.04. The third-order valence-electron chi connectivity index (χ3n) is 6.77. The second-order valence-electron chi connectivity index (χ2n) is 8.70. The van der Waals surface area contributed by atoms with Gasteiger partial charge in [-0.05, 0) is 49.7 Å². The second kappa shape index (κ2) is 8.35. The van der Waals surface area contributed by atoms with Crippen LogP contribution in [-0.4, -0.2) is 53.3 Å². The maximum Gasteiger partial charge on any atom is 0.241 e. The molecule has 2 fully saturated rings. The number of allylic oxidation sites excluding steroid dienone is 2. The minimum atomic E-state index is 0.0680. The van der Waals surface area contributed by atoms with Crippen molar-refractivity contribution in [3.05, 3.63) is 36.4 Å². The summed E-state index contributed by atoms with van der Waals surface area (Å²) in [6.07, 6.45) is 9.47. The molecule has 0 bridgehead atoms. The largest absolute Gasteiger partial charge is 0.461 e. The van der Waals surface area contributed by atoms with Gasteiger partial charge in [0, 0.05) is 26.1 Å². The smallest absolute Gasteiger partial charge is 0.241 e. The van der Waals surface area contributed by atoms with Gasteiger partial charge in [-0.25, -0.2) is 0 Å². The van der Waals surface area contributed by atoms with Crippen molar-refractivity contribution in [2.75, 3.05) is 20.2 Å². The first-order chi connectivity index (χ1) is 14.7. The minimum Gasteiger partial charge on any atom is -0.461 e. The summed E-state index contributed by atoms with van der Waals surface area (Å²) < 4.78 is 16.5. The number of ether oxygens (including phenoxy) is 1. The van der Waals surface area contributed by atoms with Crippen molar-refractivity contribution in [1.29, 1.82) is 0 Å². The van der Waals surface area contributed by atoms with Crippen molar-refractivity contribution in [1.82, 2.24) is 20.4 Å². The molecule has 1 aliphatic heterocycles. The summed E-state index contributed by atoms with van der Waals surface area (Å²) in [5, 5.41) is 7.30. The van der Waals surface area contributed by atoms with E-state index in [1.54, 1.807) is 19.4 Å². The molecule has 8 nitrogen and oxygen atoms in total. The second-order valence-corrected chi connectivity index (χ2v) is 8.70. The molecule has 1 saturated carbocycles. The van der Waals surface area contributed by atoms with E-state index in [0.717, 1.165) is 38.8 Å². The number of nitrogens with one attached hydrogen (secondary N) is 1. The van der Waals surface area contributed by atoms with Crippen LogP contribution < -0.4 is 5.32 Å². The zero-order chi connectivity index (χ0) is 20.5. The zero-order valence-electron chi connectivity index (χ0n) is 17.2. The van der Waals surface area contributed by atoms with Crippen molar-refractivity contribution in [3.8, 4) is 11.6 Å². The van der Waals surface area contributed by atoms with Crippen LogP contribution in [0.2, 0.25) is 0 Å². The number of methoxy groups -OCH3 is 1. The van der Waals surface area contributed by atoms with Crippen LogP contribution >= 0.6 is 0 Å². The highest BCUT2D eigenvalue weighted by Gasteiger charge is 2.43. The van der Waals surface area contributed by atoms with Crippen LogP contribution in [0.15, 0.2) is 39.5 Å². The molecule has 160 valence electrons. The van der Waals surface area contributed by atoms with E-state index in [9.17, 15) is 4.79 Å². The summed E-state index contributed by atoms with van der Waals surface area (Å²) in [5.41, 5.74) is 0. The van der Waals surface area contributed by atoms with E-state index in [2.05, 4.69) is 32.5 Å². The Morgan fingerprint density at radius 2 is 2.07 bits per heavy atom. The molecule has 30 heavy (non-hydrogen) atoms. The third kappa shape index (κ3) is 3.94. The molecule has 4 atom stereocenters. The van der Waals surface area contributed by atoms with Gasteiger partial charge in [0.05, 0.1) is 25.0 Å². The van der Waals surface area contributed by atoms with Gasteiger partial charge in [0.15, 0.2) is 5.76 Å². The Labute approximate surface area is 175 Å². The van der Waals surface area contributed by atoms with Gasteiger partial charge in [-0.1, -0.05) is 17.3 Å². The fourth-order valence-corrected chi connectivity index (χ4v) is 5.20. The van der Waals surface area contributed by atoms with Crippen molar-refractivity contribution in [2.24, 2.45) is 17.8 Å². The molecule has 3 aliphatic rings. The molecule has 0 aromatic carbocycles. The predicted octanol–water partition coefficient (Wildman–Crippen LogP) is 2.64. The molecule has 1 N–H and O–H groups in total. The molecule has 0 radical (unpaired) electrons. The van der Waals surface area contributed by atoms with Crippen molar-refractivity contribution in [3.63, 3.8) is 0 Å². The summed E-state index contributed by atoms with van der Waals surface area (Å²) >= 11 is 0. The van der Waals surface area contributed by atoms with Crippen molar-refractivity contribution < 1.29 is 18.5 Å². The summed E-state index contributed by atoms with van der Waals surface area (Å²) in [7, 11) is 1.75. The molecule has 0 unspecified atom stereocenters. The molecule has 2 aromatic rings. The first kappa shape index (κ1) is 19.5. The van der Waals surface area contributed by atoms with Crippen LogP contribution in [0.4, 0.5) is 0 Å². The standard InChI is InChI=1S/C22H28N4O4/c1-28-19-10-16-12-26(13-20-24-21(25-30-20)18-7-4-8-29-18)11-15(16)9-17(19)23-22(27)14-5-2-3-6-14/h2-4,7-8,14-17,19H,5-6,9-13H2,1H3,(H,23,27)/t15-,16+,17-,19-/m0/s1. The Balaban J connectivity index is 1.19.